The van der Waals surface area contributed by atoms with E-state index in [9.17, 15) is 5.21 Å². The summed E-state index contributed by atoms with van der Waals surface area (Å²) in [6, 6.07) is 20.4. The van der Waals surface area contributed by atoms with E-state index >= 15 is 0 Å². The fraction of sp³-hybridized carbons (Fsp3) is 0.310. The molecule has 2 aromatic carbocycles. The first-order valence-electron chi connectivity index (χ1n) is 12.3. The van der Waals surface area contributed by atoms with Gasteiger partial charge in [-0.3, -0.25) is 4.98 Å². The first-order chi connectivity index (χ1) is 17.6. The Kier molecular flexibility index (Phi) is 7.18. The standard InChI is InChI=1S/C29H30N4O3/c1-19-5-3-4-6-25(19)26(18-27(33-34)24-11-14-30-20(2)17-24)21-7-9-22(10-8-21)28-31-32-29(36-28)23-12-15-35-16-13-23/h3-11,14,17,23,26,34H,12-13,15-16,18H2,1-2H3/b33-27-/t26-/m1/s1. The van der Waals surface area contributed by atoms with Crippen molar-refractivity contribution in [3.8, 4) is 11.5 Å². The molecule has 1 atom stereocenters. The number of hydrogen-bond acceptors (Lipinski definition) is 7. The Labute approximate surface area is 210 Å². The Balaban J connectivity index is 1.44. The lowest BCUT2D eigenvalue weighted by Gasteiger charge is -2.21. The van der Waals surface area contributed by atoms with Crippen LogP contribution in [0.5, 0.6) is 0 Å². The normalized spacial score (nSPS) is 15.7. The summed E-state index contributed by atoms with van der Waals surface area (Å²) in [7, 11) is 0. The van der Waals surface area contributed by atoms with Crippen LogP contribution in [-0.4, -0.2) is 39.3 Å². The minimum atomic E-state index is 0.0000985. The first-order valence-corrected chi connectivity index (χ1v) is 12.3. The van der Waals surface area contributed by atoms with E-state index in [1.165, 1.54) is 11.1 Å². The molecule has 0 aliphatic carbocycles. The summed E-state index contributed by atoms with van der Waals surface area (Å²) in [5.74, 6) is 1.48. The lowest BCUT2D eigenvalue weighted by molar-refractivity contribution is 0.0795. The number of nitrogens with zero attached hydrogens (tertiary/aromatic N) is 4. The monoisotopic (exact) mass is 482 g/mol. The highest BCUT2D eigenvalue weighted by atomic mass is 16.5. The fourth-order valence-electron chi connectivity index (χ4n) is 4.84. The molecular formula is C29H30N4O3. The minimum Gasteiger partial charge on any atom is -0.420 e. The molecule has 7 heteroatoms. The van der Waals surface area contributed by atoms with Gasteiger partial charge in [-0.2, -0.15) is 0 Å². The van der Waals surface area contributed by atoms with Gasteiger partial charge in [-0.05, 0) is 67.6 Å². The van der Waals surface area contributed by atoms with E-state index in [-0.39, 0.29) is 11.8 Å². The van der Waals surface area contributed by atoms with Gasteiger partial charge < -0.3 is 14.4 Å². The third-order valence-corrected chi connectivity index (χ3v) is 6.88. The van der Waals surface area contributed by atoms with Gasteiger partial charge in [-0.1, -0.05) is 41.6 Å². The molecule has 4 aromatic rings. The molecule has 0 saturated carbocycles. The van der Waals surface area contributed by atoms with Gasteiger partial charge in [0.25, 0.3) is 0 Å². The first kappa shape index (κ1) is 23.9. The summed E-state index contributed by atoms with van der Waals surface area (Å²) in [5, 5.41) is 22.2. The van der Waals surface area contributed by atoms with Crippen LogP contribution in [0, 0.1) is 13.8 Å². The van der Waals surface area contributed by atoms with Gasteiger partial charge >= 0.3 is 0 Å². The fourth-order valence-corrected chi connectivity index (χ4v) is 4.84. The number of pyridine rings is 1. The van der Waals surface area contributed by atoms with Crippen molar-refractivity contribution in [2.24, 2.45) is 5.16 Å². The second-order valence-corrected chi connectivity index (χ2v) is 9.30. The van der Waals surface area contributed by atoms with Crippen LogP contribution in [0.15, 0.2) is 76.4 Å². The van der Waals surface area contributed by atoms with Crippen molar-refractivity contribution in [3.63, 3.8) is 0 Å². The summed E-state index contributed by atoms with van der Waals surface area (Å²) in [4.78, 5) is 4.27. The number of hydrogen-bond donors (Lipinski definition) is 1. The Morgan fingerprint density at radius 2 is 1.81 bits per heavy atom. The van der Waals surface area contributed by atoms with Crippen LogP contribution < -0.4 is 0 Å². The molecule has 1 N–H and O–H groups in total. The van der Waals surface area contributed by atoms with Gasteiger partial charge in [0.2, 0.25) is 11.8 Å². The zero-order valence-electron chi connectivity index (χ0n) is 20.6. The van der Waals surface area contributed by atoms with Gasteiger partial charge in [0.1, 0.15) is 0 Å². The zero-order chi connectivity index (χ0) is 24.9. The molecule has 2 aromatic heterocycles. The summed E-state index contributed by atoms with van der Waals surface area (Å²) < 4.78 is 11.5. The second-order valence-electron chi connectivity index (χ2n) is 9.30. The molecule has 0 unspecified atom stereocenters. The average molecular weight is 483 g/mol. The molecule has 0 bridgehead atoms. The number of ether oxygens (including phenoxy) is 1. The molecule has 0 amide bonds. The van der Waals surface area contributed by atoms with E-state index in [1.807, 2.05) is 43.3 Å². The van der Waals surface area contributed by atoms with Gasteiger partial charge in [-0.15, -0.1) is 10.2 Å². The number of rotatable bonds is 7. The highest BCUT2D eigenvalue weighted by molar-refractivity contribution is 6.01. The highest BCUT2D eigenvalue weighted by Crippen LogP contribution is 2.34. The molecule has 5 rings (SSSR count). The predicted molar refractivity (Wildman–Crippen MR) is 137 cm³/mol. The minimum absolute atomic E-state index is 0.0000985. The Morgan fingerprint density at radius 1 is 1.03 bits per heavy atom. The Bertz CT molecular complexity index is 1340. The molecule has 1 aliphatic rings. The van der Waals surface area contributed by atoms with Crippen molar-refractivity contribution < 1.29 is 14.4 Å². The molecule has 3 heterocycles. The van der Waals surface area contributed by atoms with Gasteiger partial charge in [0.15, 0.2) is 0 Å². The van der Waals surface area contributed by atoms with Gasteiger partial charge in [0.05, 0.1) is 5.71 Å². The van der Waals surface area contributed by atoms with Crippen molar-refractivity contribution in [2.75, 3.05) is 13.2 Å². The number of oxime groups is 1. The predicted octanol–water partition coefficient (Wildman–Crippen LogP) is 6.04. The molecule has 1 fully saturated rings. The molecular weight excluding hydrogens is 452 g/mol. The average Bonchev–Trinajstić information content (AvgIpc) is 3.41. The number of aromatic nitrogens is 3. The van der Waals surface area contributed by atoms with E-state index in [0.29, 0.717) is 23.9 Å². The van der Waals surface area contributed by atoms with Gasteiger partial charge in [0, 0.05) is 54.5 Å². The maximum Gasteiger partial charge on any atom is 0.247 e. The summed E-state index contributed by atoms with van der Waals surface area (Å²) in [6.07, 6.45) is 4.10. The Hall–Kier alpha value is -3.84. The molecule has 1 saturated heterocycles. The maximum absolute atomic E-state index is 9.92. The highest BCUT2D eigenvalue weighted by Gasteiger charge is 2.23. The lowest BCUT2D eigenvalue weighted by atomic mass is 9.83. The molecule has 0 spiro atoms. The lowest BCUT2D eigenvalue weighted by Crippen LogP contribution is -2.14. The SMILES string of the molecule is Cc1cc(/C(C[C@H](c2ccc(-c3nnc(C4CCOCC4)o3)cc2)c2ccccc2C)=N\O)ccn1. The van der Waals surface area contributed by atoms with E-state index in [1.54, 1.807) is 6.20 Å². The van der Waals surface area contributed by atoms with Crippen LogP contribution in [-0.2, 0) is 4.74 Å². The van der Waals surface area contributed by atoms with Crippen molar-refractivity contribution in [2.45, 2.75) is 44.9 Å². The third-order valence-electron chi connectivity index (χ3n) is 6.88. The smallest absolute Gasteiger partial charge is 0.247 e. The van der Waals surface area contributed by atoms with E-state index in [0.717, 1.165) is 48.4 Å². The number of aryl methyl sites for hydroxylation is 2. The quantitative estimate of drug-likeness (QED) is 0.196. The Morgan fingerprint density at radius 3 is 2.53 bits per heavy atom. The van der Waals surface area contributed by atoms with Crippen LogP contribution in [0.25, 0.3) is 11.5 Å². The van der Waals surface area contributed by atoms with E-state index in [2.05, 4.69) is 51.5 Å². The largest absolute Gasteiger partial charge is 0.420 e. The van der Waals surface area contributed by atoms with Gasteiger partial charge in [-0.25, -0.2) is 0 Å². The van der Waals surface area contributed by atoms with Crippen molar-refractivity contribution in [1.29, 1.82) is 0 Å². The topological polar surface area (TPSA) is 93.6 Å². The van der Waals surface area contributed by atoms with Crippen LogP contribution in [0.1, 0.15) is 64.9 Å². The molecule has 36 heavy (non-hydrogen) atoms. The van der Waals surface area contributed by atoms with Crippen LogP contribution >= 0.6 is 0 Å². The van der Waals surface area contributed by atoms with Crippen molar-refractivity contribution in [3.05, 3.63) is 101 Å². The maximum atomic E-state index is 9.92. The summed E-state index contributed by atoms with van der Waals surface area (Å²) in [5.41, 5.74) is 6.75. The number of benzene rings is 2. The van der Waals surface area contributed by atoms with E-state index in [4.69, 9.17) is 9.15 Å². The molecule has 0 radical (unpaired) electrons. The third kappa shape index (κ3) is 5.21. The second kappa shape index (κ2) is 10.8. The van der Waals surface area contributed by atoms with Crippen LogP contribution in [0.3, 0.4) is 0 Å². The summed E-state index contributed by atoms with van der Waals surface area (Å²) >= 11 is 0. The van der Waals surface area contributed by atoms with Crippen molar-refractivity contribution in [1.82, 2.24) is 15.2 Å². The van der Waals surface area contributed by atoms with Crippen molar-refractivity contribution >= 4 is 5.71 Å². The van der Waals surface area contributed by atoms with Crippen LogP contribution in [0.2, 0.25) is 0 Å². The van der Waals surface area contributed by atoms with E-state index < -0.39 is 0 Å². The molecule has 7 nitrogen and oxygen atoms in total. The molecule has 184 valence electrons. The zero-order valence-corrected chi connectivity index (χ0v) is 20.6. The molecule has 1 aliphatic heterocycles. The van der Waals surface area contributed by atoms with Crippen LogP contribution in [0.4, 0.5) is 0 Å². The summed E-state index contributed by atoms with van der Waals surface area (Å²) in [6.45, 7) is 5.51.